The van der Waals surface area contributed by atoms with Crippen molar-refractivity contribution < 1.29 is 0 Å². The van der Waals surface area contributed by atoms with E-state index in [9.17, 15) is 0 Å². The van der Waals surface area contributed by atoms with Gasteiger partial charge in [-0.1, -0.05) is 48.4 Å². The molecule has 0 radical (unpaired) electrons. The molecular formula is C16H19ClN2S. The molecule has 0 aliphatic heterocycles. The van der Waals surface area contributed by atoms with Crippen molar-refractivity contribution in [3.63, 3.8) is 0 Å². The number of hydrogen-bond donors (Lipinski definition) is 1. The number of hydrogen-bond acceptors (Lipinski definition) is 3. The van der Waals surface area contributed by atoms with Crippen molar-refractivity contribution in [1.82, 2.24) is 10.3 Å². The molecule has 106 valence electrons. The summed E-state index contributed by atoms with van der Waals surface area (Å²) < 4.78 is 0. The second-order valence-corrected chi connectivity index (χ2v) is 6.12. The summed E-state index contributed by atoms with van der Waals surface area (Å²) in [5, 5.41) is 5.21. The zero-order valence-electron chi connectivity index (χ0n) is 11.8. The zero-order chi connectivity index (χ0) is 14.4. The van der Waals surface area contributed by atoms with Gasteiger partial charge in [0, 0.05) is 18.0 Å². The molecule has 0 bridgehead atoms. The standard InChI is InChI=1S/C16H19ClN2S/c1-3-18-15(13-6-4-12(2)5-7-13)11-20-16-9-8-14(17)10-19-16/h4-10,15,18H,3,11H2,1-2H3. The third-order valence-corrected chi connectivity index (χ3v) is 4.29. The molecule has 0 spiro atoms. The van der Waals surface area contributed by atoms with Crippen LogP contribution in [0, 0.1) is 6.92 Å². The van der Waals surface area contributed by atoms with Crippen molar-refractivity contribution in [1.29, 1.82) is 0 Å². The first-order valence-electron chi connectivity index (χ1n) is 6.73. The number of rotatable bonds is 6. The van der Waals surface area contributed by atoms with Gasteiger partial charge in [0.05, 0.1) is 10.0 Å². The van der Waals surface area contributed by atoms with E-state index < -0.39 is 0 Å². The molecule has 1 aromatic carbocycles. The summed E-state index contributed by atoms with van der Waals surface area (Å²) in [4.78, 5) is 4.32. The molecule has 1 aromatic heterocycles. The molecule has 2 rings (SSSR count). The fourth-order valence-corrected chi connectivity index (χ4v) is 2.99. The average molecular weight is 307 g/mol. The summed E-state index contributed by atoms with van der Waals surface area (Å²) in [6.07, 6.45) is 1.69. The first kappa shape index (κ1) is 15.4. The largest absolute Gasteiger partial charge is 0.309 e. The van der Waals surface area contributed by atoms with Crippen LogP contribution in [0.25, 0.3) is 0 Å². The van der Waals surface area contributed by atoms with E-state index in [0.717, 1.165) is 17.3 Å². The van der Waals surface area contributed by atoms with E-state index >= 15 is 0 Å². The smallest absolute Gasteiger partial charge is 0.0961 e. The minimum absolute atomic E-state index is 0.336. The minimum Gasteiger partial charge on any atom is -0.309 e. The second kappa shape index (κ2) is 7.67. The van der Waals surface area contributed by atoms with Crippen LogP contribution in [0.4, 0.5) is 0 Å². The Hall–Kier alpha value is -1.03. The highest BCUT2D eigenvalue weighted by molar-refractivity contribution is 7.99. The molecule has 1 heterocycles. The Morgan fingerprint density at radius 2 is 1.95 bits per heavy atom. The van der Waals surface area contributed by atoms with Crippen LogP contribution in [0.2, 0.25) is 5.02 Å². The molecule has 4 heteroatoms. The summed E-state index contributed by atoms with van der Waals surface area (Å²) in [7, 11) is 0. The molecule has 0 amide bonds. The van der Waals surface area contributed by atoms with Crippen molar-refractivity contribution in [2.45, 2.75) is 24.9 Å². The molecule has 1 unspecified atom stereocenters. The molecule has 0 saturated heterocycles. The maximum atomic E-state index is 5.85. The van der Waals surface area contributed by atoms with Gasteiger partial charge in [-0.3, -0.25) is 0 Å². The number of nitrogens with one attached hydrogen (secondary N) is 1. The van der Waals surface area contributed by atoms with E-state index in [0.29, 0.717) is 11.1 Å². The number of nitrogens with zero attached hydrogens (tertiary/aromatic N) is 1. The van der Waals surface area contributed by atoms with Gasteiger partial charge in [0.25, 0.3) is 0 Å². The zero-order valence-corrected chi connectivity index (χ0v) is 13.3. The number of thioether (sulfide) groups is 1. The lowest BCUT2D eigenvalue weighted by atomic mass is 10.1. The van der Waals surface area contributed by atoms with Crippen LogP contribution in [0.1, 0.15) is 24.1 Å². The van der Waals surface area contributed by atoms with Gasteiger partial charge in [-0.05, 0) is 31.2 Å². The van der Waals surface area contributed by atoms with Gasteiger partial charge in [-0.2, -0.15) is 0 Å². The number of benzene rings is 1. The lowest BCUT2D eigenvalue weighted by Gasteiger charge is -2.18. The van der Waals surface area contributed by atoms with Crippen LogP contribution >= 0.6 is 23.4 Å². The highest BCUT2D eigenvalue weighted by Gasteiger charge is 2.11. The number of aryl methyl sites for hydroxylation is 1. The third-order valence-electron chi connectivity index (χ3n) is 3.03. The van der Waals surface area contributed by atoms with E-state index in [-0.39, 0.29) is 0 Å². The maximum Gasteiger partial charge on any atom is 0.0961 e. The Balaban J connectivity index is 2.02. The lowest BCUT2D eigenvalue weighted by molar-refractivity contribution is 0.605. The quantitative estimate of drug-likeness (QED) is 0.796. The van der Waals surface area contributed by atoms with Gasteiger partial charge < -0.3 is 5.32 Å². The Morgan fingerprint density at radius 3 is 2.55 bits per heavy atom. The molecule has 1 N–H and O–H groups in total. The van der Waals surface area contributed by atoms with E-state index in [1.807, 2.05) is 12.1 Å². The van der Waals surface area contributed by atoms with Crippen molar-refractivity contribution >= 4 is 23.4 Å². The van der Waals surface area contributed by atoms with E-state index in [2.05, 4.69) is 48.4 Å². The third kappa shape index (κ3) is 4.51. The summed E-state index contributed by atoms with van der Waals surface area (Å²) >= 11 is 7.59. The number of halogens is 1. The summed E-state index contributed by atoms with van der Waals surface area (Å²) in [5.41, 5.74) is 2.61. The predicted molar refractivity (Wildman–Crippen MR) is 87.6 cm³/mol. The molecule has 0 aliphatic rings. The highest BCUT2D eigenvalue weighted by Crippen LogP contribution is 2.24. The first-order chi connectivity index (χ1) is 9.69. The normalized spacial score (nSPS) is 12.3. The molecule has 0 saturated carbocycles. The van der Waals surface area contributed by atoms with Crippen LogP contribution in [0.15, 0.2) is 47.6 Å². The molecule has 1 atom stereocenters. The van der Waals surface area contributed by atoms with E-state index in [4.69, 9.17) is 11.6 Å². The van der Waals surface area contributed by atoms with E-state index in [1.165, 1.54) is 11.1 Å². The molecule has 2 aromatic rings. The van der Waals surface area contributed by atoms with Gasteiger partial charge in [0.2, 0.25) is 0 Å². The van der Waals surface area contributed by atoms with Gasteiger partial charge in [-0.15, -0.1) is 11.8 Å². The average Bonchev–Trinajstić information content (AvgIpc) is 2.46. The van der Waals surface area contributed by atoms with Gasteiger partial charge in [0.1, 0.15) is 0 Å². The number of pyridine rings is 1. The Morgan fingerprint density at radius 1 is 1.20 bits per heavy atom. The monoisotopic (exact) mass is 306 g/mol. The van der Waals surface area contributed by atoms with Crippen LogP contribution in [-0.2, 0) is 0 Å². The van der Waals surface area contributed by atoms with E-state index in [1.54, 1.807) is 18.0 Å². The SMILES string of the molecule is CCNC(CSc1ccc(Cl)cn1)c1ccc(C)cc1. The van der Waals surface area contributed by atoms with Crippen molar-refractivity contribution in [3.05, 3.63) is 58.7 Å². The van der Waals surface area contributed by atoms with Crippen molar-refractivity contribution in [3.8, 4) is 0 Å². The van der Waals surface area contributed by atoms with Crippen LogP contribution < -0.4 is 5.32 Å². The van der Waals surface area contributed by atoms with Crippen LogP contribution in [-0.4, -0.2) is 17.3 Å². The predicted octanol–water partition coefficient (Wildman–Crippen LogP) is 4.49. The molecule has 2 nitrogen and oxygen atoms in total. The van der Waals surface area contributed by atoms with Crippen molar-refractivity contribution in [2.24, 2.45) is 0 Å². The second-order valence-electron chi connectivity index (χ2n) is 4.65. The van der Waals surface area contributed by atoms with Crippen LogP contribution in [0.3, 0.4) is 0 Å². The lowest BCUT2D eigenvalue weighted by Crippen LogP contribution is -2.22. The van der Waals surface area contributed by atoms with Crippen molar-refractivity contribution in [2.75, 3.05) is 12.3 Å². The fourth-order valence-electron chi connectivity index (χ4n) is 1.93. The van der Waals surface area contributed by atoms with Gasteiger partial charge >= 0.3 is 0 Å². The Labute approximate surface area is 130 Å². The maximum absolute atomic E-state index is 5.85. The van der Waals surface area contributed by atoms with Gasteiger partial charge in [0.15, 0.2) is 0 Å². The topological polar surface area (TPSA) is 24.9 Å². The summed E-state index contributed by atoms with van der Waals surface area (Å²) in [5.74, 6) is 0.950. The Bertz CT molecular complexity index is 525. The molecular weight excluding hydrogens is 288 g/mol. The summed E-state index contributed by atoms with van der Waals surface area (Å²) in [6, 6.07) is 12.9. The summed E-state index contributed by atoms with van der Waals surface area (Å²) in [6.45, 7) is 5.19. The Kier molecular flexibility index (Phi) is 5.89. The number of aromatic nitrogens is 1. The molecule has 20 heavy (non-hydrogen) atoms. The fraction of sp³-hybridized carbons (Fsp3) is 0.312. The molecule has 0 aliphatic carbocycles. The highest BCUT2D eigenvalue weighted by atomic mass is 35.5. The van der Waals surface area contributed by atoms with Gasteiger partial charge in [-0.25, -0.2) is 4.98 Å². The minimum atomic E-state index is 0.336. The molecule has 0 fully saturated rings. The first-order valence-corrected chi connectivity index (χ1v) is 8.09. The van der Waals surface area contributed by atoms with Crippen LogP contribution in [0.5, 0.6) is 0 Å².